The first-order valence-corrected chi connectivity index (χ1v) is 9.21. The lowest BCUT2D eigenvalue weighted by molar-refractivity contribution is -0.120. The van der Waals surface area contributed by atoms with Gasteiger partial charge in [0.15, 0.2) is 5.82 Å². The molecule has 23 heavy (non-hydrogen) atoms. The predicted molar refractivity (Wildman–Crippen MR) is 90.8 cm³/mol. The third-order valence-electron chi connectivity index (χ3n) is 3.59. The minimum atomic E-state index is -0.306. The minimum absolute atomic E-state index is 0.0498. The topological polar surface area (TPSA) is 95.1 Å². The van der Waals surface area contributed by atoms with Crippen LogP contribution in [0.3, 0.4) is 0 Å². The zero-order valence-electron chi connectivity index (χ0n) is 12.8. The molecule has 3 heterocycles. The van der Waals surface area contributed by atoms with Gasteiger partial charge in [-0.05, 0) is 31.2 Å². The van der Waals surface area contributed by atoms with E-state index in [2.05, 4.69) is 15.5 Å². The van der Waals surface area contributed by atoms with Crippen LogP contribution in [-0.2, 0) is 9.53 Å². The van der Waals surface area contributed by atoms with Gasteiger partial charge in [0, 0.05) is 13.2 Å². The first kappa shape index (κ1) is 16.3. The molecule has 1 fully saturated rings. The average Bonchev–Trinajstić information content (AvgIpc) is 3.27. The van der Waals surface area contributed by atoms with Gasteiger partial charge in [0.05, 0.1) is 16.2 Å². The maximum absolute atomic E-state index is 12.2. The van der Waals surface area contributed by atoms with Gasteiger partial charge >= 0.3 is 0 Å². The van der Waals surface area contributed by atoms with Crippen molar-refractivity contribution < 1.29 is 9.53 Å². The number of rotatable bonds is 6. The molecule has 1 saturated heterocycles. The third-order valence-corrected chi connectivity index (χ3v) is 5.51. The van der Waals surface area contributed by atoms with Crippen molar-refractivity contribution in [1.82, 2.24) is 20.2 Å². The van der Waals surface area contributed by atoms with Crippen molar-refractivity contribution >= 4 is 29.0 Å². The van der Waals surface area contributed by atoms with Gasteiger partial charge in [-0.15, -0.1) is 21.5 Å². The first-order valence-electron chi connectivity index (χ1n) is 7.45. The van der Waals surface area contributed by atoms with E-state index in [0.717, 1.165) is 24.3 Å². The summed E-state index contributed by atoms with van der Waals surface area (Å²) in [5, 5.41) is 13.3. The molecule has 2 atom stereocenters. The fourth-order valence-electron chi connectivity index (χ4n) is 2.31. The van der Waals surface area contributed by atoms with Gasteiger partial charge in [-0.1, -0.05) is 17.8 Å². The van der Waals surface area contributed by atoms with Crippen molar-refractivity contribution in [2.45, 2.75) is 36.3 Å². The summed E-state index contributed by atoms with van der Waals surface area (Å²) in [7, 11) is 0. The summed E-state index contributed by atoms with van der Waals surface area (Å²) >= 11 is 2.84. The normalized spacial score (nSPS) is 18.9. The summed E-state index contributed by atoms with van der Waals surface area (Å²) in [6, 6.07) is 3.87. The van der Waals surface area contributed by atoms with Crippen LogP contribution in [0.2, 0.25) is 0 Å². The van der Waals surface area contributed by atoms with Gasteiger partial charge in [-0.25, -0.2) is 4.68 Å². The van der Waals surface area contributed by atoms with Gasteiger partial charge in [0.25, 0.3) is 0 Å². The molecule has 0 spiro atoms. The molecule has 0 radical (unpaired) electrons. The highest BCUT2D eigenvalue weighted by Gasteiger charge is 2.22. The third kappa shape index (κ3) is 3.85. The molecule has 1 aliphatic heterocycles. The highest BCUT2D eigenvalue weighted by molar-refractivity contribution is 8.00. The number of ether oxygens (including phenoxy) is 1. The Morgan fingerprint density at radius 2 is 2.52 bits per heavy atom. The lowest BCUT2D eigenvalue weighted by Crippen LogP contribution is -2.36. The summed E-state index contributed by atoms with van der Waals surface area (Å²) in [6.07, 6.45) is 2.20. The number of nitrogens with one attached hydrogen (secondary N) is 1. The van der Waals surface area contributed by atoms with Crippen LogP contribution < -0.4 is 11.2 Å². The zero-order valence-corrected chi connectivity index (χ0v) is 14.4. The number of aromatic nitrogens is 3. The largest absolute Gasteiger partial charge is 0.376 e. The SMILES string of the molecule is C[C@H](Sc1nnc(-c2cccs2)n1N)C(=O)NC[C@H]1CCCO1. The van der Waals surface area contributed by atoms with E-state index in [0.29, 0.717) is 17.5 Å². The number of amides is 1. The van der Waals surface area contributed by atoms with Crippen LogP contribution in [0.5, 0.6) is 0 Å². The van der Waals surface area contributed by atoms with E-state index in [-0.39, 0.29) is 17.3 Å². The van der Waals surface area contributed by atoms with E-state index in [1.165, 1.54) is 16.4 Å². The minimum Gasteiger partial charge on any atom is -0.376 e. The van der Waals surface area contributed by atoms with E-state index in [4.69, 9.17) is 10.6 Å². The molecule has 1 aliphatic rings. The lowest BCUT2D eigenvalue weighted by atomic mass is 10.2. The summed E-state index contributed by atoms with van der Waals surface area (Å²) in [5.41, 5.74) is 0. The van der Waals surface area contributed by atoms with Crippen LogP contribution >= 0.6 is 23.1 Å². The fourth-order valence-corrected chi connectivity index (χ4v) is 3.81. The Kier molecular flexibility index (Phi) is 5.19. The van der Waals surface area contributed by atoms with E-state index >= 15 is 0 Å². The van der Waals surface area contributed by atoms with E-state index in [9.17, 15) is 4.79 Å². The van der Waals surface area contributed by atoms with Gasteiger partial charge < -0.3 is 15.9 Å². The molecule has 0 unspecified atom stereocenters. The zero-order chi connectivity index (χ0) is 16.2. The summed E-state index contributed by atoms with van der Waals surface area (Å²) in [6.45, 7) is 3.17. The molecule has 3 N–H and O–H groups in total. The maximum Gasteiger partial charge on any atom is 0.233 e. The summed E-state index contributed by atoms with van der Waals surface area (Å²) in [5.74, 6) is 6.60. The second kappa shape index (κ2) is 7.33. The molecule has 0 bridgehead atoms. The molecule has 2 aromatic rings. The summed E-state index contributed by atoms with van der Waals surface area (Å²) in [4.78, 5) is 13.1. The second-order valence-corrected chi connectivity index (χ2v) is 7.55. The highest BCUT2D eigenvalue weighted by Crippen LogP contribution is 2.27. The molecule has 1 amide bonds. The summed E-state index contributed by atoms with van der Waals surface area (Å²) < 4.78 is 6.93. The number of nitrogens with zero attached hydrogens (tertiary/aromatic N) is 3. The monoisotopic (exact) mass is 353 g/mol. The highest BCUT2D eigenvalue weighted by atomic mass is 32.2. The molecule has 3 rings (SSSR count). The Labute approximate surface area is 142 Å². The van der Waals surface area contributed by atoms with Crippen molar-refractivity contribution in [2.75, 3.05) is 19.0 Å². The molecule has 7 nitrogen and oxygen atoms in total. The number of thiophene rings is 1. The van der Waals surface area contributed by atoms with Crippen LogP contribution in [0.25, 0.3) is 10.7 Å². The number of nitrogen functional groups attached to an aromatic ring is 1. The van der Waals surface area contributed by atoms with Crippen molar-refractivity contribution in [2.24, 2.45) is 0 Å². The fraction of sp³-hybridized carbons (Fsp3) is 0.500. The second-order valence-electron chi connectivity index (χ2n) is 5.29. The Balaban J connectivity index is 1.57. The molecule has 0 aliphatic carbocycles. The van der Waals surface area contributed by atoms with Crippen LogP contribution in [0, 0.1) is 0 Å². The van der Waals surface area contributed by atoms with Crippen LogP contribution in [0.1, 0.15) is 19.8 Å². The van der Waals surface area contributed by atoms with E-state index < -0.39 is 0 Å². The molecule has 124 valence electrons. The molecular weight excluding hydrogens is 334 g/mol. The molecular formula is C14H19N5O2S2. The van der Waals surface area contributed by atoms with E-state index in [1.807, 2.05) is 24.4 Å². The van der Waals surface area contributed by atoms with Crippen LogP contribution in [-0.4, -0.2) is 45.3 Å². The van der Waals surface area contributed by atoms with Gasteiger partial charge in [0.1, 0.15) is 0 Å². The van der Waals surface area contributed by atoms with Crippen molar-refractivity contribution in [1.29, 1.82) is 0 Å². The standard InChI is InChI=1S/C14H19N5O2S2/c1-9(13(20)16-8-10-4-2-6-21-10)23-14-18-17-12(19(14)15)11-5-3-7-22-11/h3,5,7,9-10H,2,4,6,8,15H2,1H3,(H,16,20)/t9-,10+/m0/s1. The van der Waals surface area contributed by atoms with Gasteiger partial charge in [-0.2, -0.15) is 0 Å². The number of hydrogen-bond donors (Lipinski definition) is 2. The Bertz CT molecular complexity index is 652. The predicted octanol–water partition coefficient (Wildman–Crippen LogP) is 1.50. The Morgan fingerprint density at radius 1 is 1.65 bits per heavy atom. The molecule has 2 aromatic heterocycles. The van der Waals surface area contributed by atoms with E-state index in [1.54, 1.807) is 11.3 Å². The number of hydrogen-bond acceptors (Lipinski definition) is 7. The van der Waals surface area contributed by atoms with Crippen molar-refractivity contribution in [3.8, 4) is 10.7 Å². The quantitative estimate of drug-likeness (QED) is 0.604. The smallest absolute Gasteiger partial charge is 0.233 e. The number of nitrogens with two attached hydrogens (primary N) is 1. The van der Waals surface area contributed by atoms with Gasteiger partial charge in [-0.3, -0.25) is 4.79 Å². The Morgan fingerprint density at radius 3 is 3.22 bits per heavy atom. The molecule has 0 saturated carbocycles. The molecule has 9 heteroatoms. The van der Waals surface area contributed by atoms with Crippen molar-refractivity contribution in [3.05, 3.63) is 17.5 Å². The number of carbonyl (C=O) groups excluding carboxylic acids is 1. The Hall–Kier alpha value is -1.58. The lowest BCUT2D eigenvalue weighted by Gasteiger charge is -2.14. The van der Waals surface area contributed by atoms with Crippen molar-refractivity contribution in [3.63, 3.8) is 0 Å². The number of thioether (sulfide) groups is 1. The number of carbonyl (C=O) groups is 1. The first-order chi connectivity index (χ1) is 11.1. The van der Waals surface area contributed by atoms with Crippen LogP contribution in [0.4, 0.5) is 0 Å². The molecule has 0 aromatic carbocycles. The maximum atomic E-state index is 12.2. The van der Waals surface area contributed by atoms with Crippen LogP contribution in [0.15, 0.2) is 22.7 Å². The average molecular weight is 353 g/mol. The van der Waals surface area contributed by atoms with Gasteiger partial charge in [0.2, 0.25) is 11.1 Å².